The minimum absolute atomic E-state index is 0.596. The molecule has 5 nitrogen and oxygen atoms in total. The van der Waals surface area contributed by atoms with Crippen LogP contribution in [-0.4, -0.2) is 31.8 Å². The van der Waals surface area contributed by atoms with E-state index in [-0.39, 0.29) is 0 Å². The molecule has 2 fully saturated rings. The maximum atomic E-state index is 4.58. The quantitative estimate of drug-likeness (QED) is 0.746. The van der Waals surface area contributed by atoms with Gasteiger partial charge in [-0.15, -0.1) is 0 Å². The van der Waals surface area contributed by atoms with Crippen LogP contribution in [0.25, 0.3) is 11.0 Å². The molecule has 2 aliphatic heterocycles. The summed E-state index contributed by atoms with van der Waals surface area (Å²) >= 11 is 0. The first kappa shape index (κ1) is 11.9. The van der Waals surface area contributed by atoms with Gasteiger partial charge in [0.2, 0.25) is 0 Å². The molecular weight excluding hydrogens is 250 g/mol. The number of piperidine rings is 1. The average Bonchev–Trinajstić information content (AvgIpc) is 2.97. The highest BCUT2D eigenvalue weighted by Gasteiger charge is 2.39. The van der Waals surface area contributed by atoms with Gasteiger partial charge in [0.15, 0.2) is 5.65 Å². The number of aryl methyl sites for hydroxylation is 1. The van der Waals surface area contributed by atoms with E-state index in [4.69, 9.17) is 0 Å². The Morgan fingerprint density at radius 2 is 1.95 bits per heavy atom. The normalized spacial score (nSPS) is 25.5. The SMILES string of the molecule is CC=C1CC2CCC(C1)N2c1ncnc2c1cnn2C. The molecule has 2 aliphatic rings. The van der Waals surface area contributed by atoms with Crippen molar-refractivity contribution in [2.75, 3.05) is 4.90 Å². The summed E-state index contributed by atoms with van der Waals surface area (Å²) in [5, 5.41) is 5.41. The van der Waals surface area contributed by atoms with Gasteiger partial charge in [-0.3, -0.25) is 4.68 Å². The topological polar surface area (TPSA) is 46.8 Å². The third-order valence-electron chi connectivity index (χ3n) is 4.78. The summed E-state index contributed by atoms with van der Waals surface area (Å²) in [6.45, 7) is 2.16. The van der Waals surface area contributed by atoms with Gasteiger partial charge in [0.1, 0.15) is 12.1 Å². The second-order valence-corrected chi connectivity index (χ2v) is 5.85. The van der Waals surface area contributed by atoms with Crippen molar-refractivity contribution in [3.8, 4) is 0 Å². The summed E-state index contributed by atoms with van der Waals surface area (Å²) in [5.74, 6) is 1.07. The fourth-order valence-electron chi connectivity index (χ4n) is 3.79. The molecule has 4 heterocycles. The summed E-state index contributed by atoms with van der Waals surface area (Å²) in [4.78, 5) is 11.5. The molecule has 0 aromatic carbocycles. The molecule has 2 bridgehead atoms. The third kappa shape index (κ3) is 1.58. The van der Waals surface area contributed by atoms with Crippen molar-refractivity contribution < 1.29 is 0 Å². The minimum Gasteiger partial charge on any atom is -0.349 e. The van der Waals surface area contributed by atoms with Crippen LogP contribution in [0.2, 0.25) is 0 Å². The third-order valence-corrected chi connectivity index (χ3v) is 4.78. The highest BCUT2D eigenvalue weighted by atomic mass is 15.3. The second kappa shape index (κ2) is 4.30. The van der Waals surface area contributed by atoms with Gasteiger partial charge in [-0.1, -0.05) is 11.6 Å². The Kier molecular flexibility index (Phi) is 2.55. The lowest BCUT2D eigenvalue weighted by molar-refractivity contribution is 0.545. The van der Waals surface area contributed by atoms with Crippen molar-refractivity contribution >= 4 is 16.9 Å². The molecule has 0 N–H and O–H groups in total. The van der Waals surface area contributed by atoms with Crippen LogP contribution in [0.1, 0.15) is 32.6 Å². The number of anilines is 1. The zero-order valence-corrected chi connectivity index (χ0v) is 12.0. The van der Waals surface area contributed by atoms with E-state index in [0.29, 0.717) is 12.1 Å². The standard InChI is InChI=1S/C15H19N5/c1-3-10-6-11-4-5-12(7-10)20(11)15-13-8-18-19(2)14(13)16-9-17-15/h3,8-9,11-12H,4-7H2,1-2H3. The molecule has 2 atom stereocenters. The van der Waals surface area contributed by atoms with Crippen LogP contribution < -0.4 is 4.90 Å². The van der Waals surface area contributed by atoms with Crippen LogP contribution >= 0.6 is 0 Å². The zero-order chi connectivity index (χ0) is 13.7. The molecule has 0 radical (unpaired) electrons. The second-order valence-electron chi connectivity index (χ2n) is 5.85. The molecular formula is C15H19N5. The summed E-state index contributed by atoms with van der Waals surface area (Å²) < 4.78 is 1.82. The first-order chi connectivity index (χ1) is 9.78. The van der Waals surface area contributed by atoms with E-state index < -0.39 is 0 Å². The highest BCUT2D eigenvalue weighted by Crippen LogP contribution is 2.42. The van der Waals surface area contributed by atoms with Crippen molar-refractivity contribution in [3.05, 3.63) is 24.2 Å². The molecule has 104 valence electrons. The molecule has 2 aromatic heterocycles. The Labute approximate surface area is 118 Å². The predicted octanol–water partition coefficient (Wildman–Crippen LogP) is 2.44. The molecule has 0 amide bonds. The van der Waals surface area contributed by atoms with Gasteiger partial charge in [0.25, 0.3) is 0 Å². The lowest BCUT2D eigenvalue weighted by Gasteiger charge is -2.37. The minimum atomic E-state index is 0.596. The maximum absolute atomic E-state index is 4.58. The summed E-state index contributed by atoms with van der Waals surface area (Å²) in [6, 6.07) is 1.19. The van der Waals surface area contributed by atoms with Gasteiger partial charge in [-0.05, 0) is 32.6 Å². The summed E-state index contributed by atoms with van der Waals surface area (Å²) in [5.41, 5.74) is 2.52. The largest absolute Gasteiger partial charge is 0.349 e. The Morgan fingerprint density at radius 3 is 2.65 bits per heavy atom. The highest BCUT2D eigenvalue weighted by molar-refractivity contribution is 5.87. The van der Waals surface area contributed by atoms with E-state index in [1.807, 2.05) is 17.9 Å². The molecule has 0 spiro atoms. The number of hydrogen-bond donors (Lipinski definition) is 0. The monoisotopic (exact) mass is 269 g/mol. The molecule has 2 saturated heterocycles. The zero-order valence-electron chi connectivity index (χ0n) is 12.0. The molecule has 2 unspecified atom stereocenters. The first-order valence-electron chi connectivity index (χ1n) is 7.33. The number of nitrogens with zero attached hydrogens (tertiary/aromatic N) is 5. The number of rotatable bonds is 1. The van der Waals surface area contributed by atoms with Crippen LogP contribution in [0.5, 0.6) is 0 Å². The van der Waals surface area contributed by atoms with Crippen LogP contribution in [0.4, 0.5) is 5.82 Å². The van der Waals surface area contributed by atoms with Gasteiger partial charge < -0.3 is 4.90 Å². The fourth-order valence-corrected chi connectivity index (χ4v) is 3.79. The van der Waals surface area contributed by atoms with Gasteiger partial charge in [-0.2, -0.15) is 5.10 Å². The Balaban J connectivity index is 1.81. The van der Waals surface area contributed by atoms with E-state index in [1.54, 1.807) is 11.9 Å². The van der Waals surface area contributed by atoms with Crippen molar-refractivity contribution in [1.29, 1.82) is 0 Å². The van der Waals surface area contributed by atoms with Gasteiger partial charge in [0.05, 0.1) is 11.6 Å². The predicted molar refractivity (Wildman–Crippen MR) is 78.6 cm³/mol. The molecule has 20 heavy (non-hydrogen) atoms. The van der Waals surface area contributed by atoms with Crippen LogP contribution in [0, 0.1) is 0 Å². The van der Waals surface area contributed by atoms with Gasteiger partial charge in [0, 0.05) is 19.1 Å². The van der Waals surface area contributed by atoms with E-state index in [2.05, 4.69) is 33.0 Å². The van der Waals surface area contributed by atoms with E-state index in [1.165, 1.54) is 25.7 Å². The Hall–Kier alpha value is -1.91. The van der Waals surface area contributed by atoms with Gasteiger partial charge >= 0.3 is 0 Å². The Bertz CT molecular complexity index is 671. The molecule has 5 heteroatoms. The summed E-state index contributed by atoms with van der Waals surface area (Å²) in [6.07, 6.45) is 10.8. The van der Waals surface area contributed by atoms with Crippen LogP contribution in [0.3, 0.4) is 0 Å². The van der Waals surface area contributed by atoms with Crippen molar-refractivity contribution in [3.63, 3.8) is 0 Å². The number of fused-ring (bicyclic) bond motifs is 3. The van der Waals surface area contributed by atoms with Crippen LogP contribution in [-0.2, 0) is 7.05 Å². The van der Waals surface area contributed by atoms with Crippen molar-refractivity contribution in [1.82, 2.24) is 19.7 Å². The number of aromatic nitrogens is 4. The van der Waals surface area contributed by atoms with E-state index in [9.17, 15) is 0 Å². The van der Waals surface area contributed by atoms with E-state index >= 15 is 0 Å². The lowest BCUT2D eigenvalue weighted by Crippen LogP contribution is -2.41. The smallest absolute Gasteiger partial charge is 0.163 e. The van der Waals surface area contributed by atoms with Crippen LogP contribution in [0.15, 0.2) is 24.2 Å². The molecule has 0 aliphatic carbocycles. The molecule has 2 aromatic rings. The molecule has 0 saturated carbocycles. The van der Waals surface area contributed by atoms with Crippen molar-refractivity contribution in [2.24, 2.45) is 7.05 Å². The Morgan fingerprint density at radius 1 is 1.20 bits per heavy atom. The lowest BCUT2D eigenvalue weighted by atomic mass is 9.96. The van der Waals surface area contributed by atoms with Gasteiger partial charge in [-0.25, -0.2) is 9.97 Å². The van der Waals surface area contributed by atoms with E-state index in [0.717, 1.165) is 16.9 Å². The number of allylic oxidation sites excluding steroid dienone is 1. The average molecular weight is 269 g/mol. The maximum Gasteiger partial charge on any atom is 0.163 e. The molecule has 4 rings (SSSR count). The first-order valence-corrected chi connectivity index (χ1v) is 7.33. The summed E-state index contributed by atoms with van der Waals surface area (Å²) in [7, 11) is 1.93. The number of hydrogen-bond acceptors (Lipinski definition) is 4. The fraction of sp³-hybridized carbons (Fsp3) is 0.533. The van der Waals surface area contributed by atoms with Crippen molar-refractivity contribution in [2.45, 2.75) is 44.7 Å².